The van der Waals surface area contributed by atoms with Crippen LogP contribution in [-0.2, 0) is 11.3 Å². The first-order valence-electron chi connectivity index (χ1n) is 10.5. The Kier molecular flexibility index (Phi) is 5.23. The lowest BCUT2D eigenvalue weighted by atomic mass is 10.0. The van der Waals surface area contributed by atoms with E-state index < -0.39 is 0 Å². The fourth-order valence-electron chi connectivity index (χ4n) is 4.02. The Balaban J connectivity index is 1.31. The molecule has 7 nitrogen and oxygen atoms in total. The molecular weight excluding hydrogens is 414 g/mol. The molecule has 0 bridgehead atoms. The predicted molar refractivity (Wildman–Crippen MR) is 119 cm³/mol. The van der Waals surface area contributed by atoms with Gasteiger partial charge in [0.05, 0.1) is 16.9 Å². The van der Waals surface area contributed by atoms with Crippen LogP contribution in [0.4, 0.5) is 0 Å². The quantitative estimate of drug-likeness (QED) is 0.577. The van der Waals surface area contributed by atoms with Crippen molar-refractivity contribution in [2.75, 3.05) is 13.2 Å². The lowest BCUT2D eigenvalue weighted by Gasteiger charge is -2.23. The maximum Gasteiger partial charge on any atom is 0.262 e. The Morgan fingerprint density at radius 1 is 1.16 bits per heavy atom. The first-order valence-corrected chi connectivity index (χ1v) is 10.9. The number of fused-ring (bicyclic) bond motifs is 2. The van der Waals surface area contributed by atoms with Gasteiger partial charge in [-0.2, -0.15) is 0 Å². The fourth-order valence-corrected chi connectivity index (χ4v) is 4.30. The molecule has 1 atom stereocenters. The van der Waals surface area contributed by atoms with Gasteiger partial charge in [0, 0.05) is 13.0 Å². The van der Waals surface area contributed by atoms with Crippen molar-refractivity contribution >= 4 is 29.0 Å². The van der Waals surface area contributed by atoms with E-state index in [2.05, 4.69) is 10.3 Å². The van der Waals surface area contributed by atoms with E-state index in [0.717, 1.165) is 29.9 Å². The van der Waals surface area contributed by atoms with Crippen LogP contribution >= 0.6 is 12.2 Å². The highest BCUT2D eigenvalue weighted by atomic mass is 32.1. The molecule has 0 radical (unpaired) electrons. The maximum atomic E-state index is 12.8. The van der Waals surface area contributed by atoms with Crippen LogP contribution in [0.1, 0.15) is 30.9 Å². The number of carbonyl (C=O) groups excluding carboxylic acids is 1. The summed E-state index contributed by atoms with van der Waals surface area (Å²) in [6.45, 7) is 1.30. The molecule has 3 aromatic rings. The van der Waals surface area contributed by atoms with Gasteiger partial charge in [0.25, 0.3) is 5.56 Å². The number of aromatic nitrogens is 2. The van der Waals surface area contributed by atoms with Crippen LogP contribution in [0.15, 0.2) is 47.3 Å². The Morgan fingerprint density at radius 3 is 2.74 bits per heavy atom. The van der Waals surface area contributed by atoms with Gasteiger partial charge in [-0.15, -0.1) is 0 Å². The summed E-state index contributed by atoms with van der Waals surface area (Å²) in [7, 11) is 0. The average molecular weight is 438 g/mol. The van der Waals surface area contributed by atoms with E-state index in [1.807, 2.05) is 36.4 Å². The standard InChI is InChI=1S/C23H23N3O4S/c27-20(9-10-26-22(28)16-3-1-2-4-17(16)24-23(26)31)25-21(14-5-6-14)15-7-8-18-19(13-15)30-12-11-29-18/h1-4,7-8,13-14,21H,5-6,9-12H2,(H,24,31)(H,25,27). The van der Waals surface area contributed by atoms with E-state index in [1.54, 1.807) is 6.07 Å². The number of hydrogen-bond donors (Lipinski definition) is 2. The monoisotopic (exact) mass is 437 g/mol. The second kappa shape index (κ2) is 8.19. The van der Waals surface area contributed by atoms with Gasteiger partial charge < -0.3 is 19.8 Å². The number of H-pyrrole nitrogens is 1. The molecule has 1 aliphatic heterocycles. The van der Waals surface area contributed by atoms with Gasteiger partial charge in [-0.3, -0.25) is 14.2 Å². The molecule has 1 aromatic heterocycles. The van der Waals surface area contributed by atoms with Gasteiger partial charge >= 0.3 is 0 Å². The molecule has 1 amide bonds. The van der Waals surface area contributed by atoms with E-state index in [0.29, 0.717) is 34.8 Å². The Bertz CT molecular complexity index is 1260. The minimum Gasteiger partial charge on any atom is -0.486 e. The normalized spacial score (nSPS) is 16.1. The molecule has 0 saturated heterocycles. The summed E-state index contributed by atoms with van der Waals surface area (Å²) < 4.78 is 13.1. The first kappa shape index (κ1) is 19.8. The van der Waals surface area contributed by atoms with Crippen molar-refractivity contribution in [2.24, 2.45) is 5.92 Å². The summed E-state index contributed by atoms with van der Waals surface area (Å²) in [5.74, 6) is 1.76. The number of amides is 1. The van der Waals surface area contributed by atoms with E-state index in [-0.39, 0.29) is 30.5 Å². The van der Waals surface area contributed by atoms with Crippen LogP contribution in [-0.4, -0.2) is 28.7 Å². The zero-order chi connectivity index (χ0) is 21.4. The number of rotatable bonds is 6. The molecule has 2 aliphatic rings. The van der Waals surface area contributed by atoms with Crippen molar-refractivity contribution in [3.8, 4) is 11.5 Å². The van der Waals surface area contributed by atoms with Gasteiger partial charge in [0.2, 0.25) is 5.91 Å². The Labute approximate surface area is 184 Å². The topological polar surface area (TPSA) is 85.4 Å². The molecule has 8 heteroatoms. The van der Waals surface area contributed by atoms with Crippen molar-refractivity contribution in [1.29, 1.82) is 0 Å². The van der Waals surface area contributed by atoms with Gasteiger partial charge in [0.15, 0.2) is 16.3 Å². The molecule has 2 N–H and O–H groups in total. The molecule has 2 heterocycles. The largest absolute Gasteiger partial charge is 0.486 e. The van der Waals surface area contributed by atoms with E-state index in [4.69, 9.17) is 21.7 Å². The van der Waals surface area contributed by atoms with Crippen LogP contribution in [0, 0.1) is 10.7 Å². The van der Waals surface area contributed by atoms with Crippen molar-refractivity contribution in [3.63, 3.8) is 0 Å². The molecule has 1 unspecified atom stereocenters. The molecule has 31 heavy (non-hydrogen) atoms. The highest BCUT2D eigenvalue weighted by Gasteiger charge is 2.34. The zero-order valence-corrected chi connectivity index (χ0v) is 17.7. The average Bonchev–Trinajstić information content (AvgIpc) is 3.62. The third-order valence-electron chi connectivity index (χ3n) is 5.79. The summed E-state index contributed by atoms with van der Waals surface area (Å²) in [6, 6.07) is 13.0. The minimum absolute atomic E-state index is 0.0776. The third kappa shape index (κ3) is 4.07. The second-order valence-electron chi connectivity index (χ2n) is 7.97. The number of para-hydroxylation sites is 1. The molecule has 2 aromatic carbocycles. The number of nitrogens with one attached hydrogen (secondary N) is 2. The van der Waals surface area contributed by atoms with Crippen LogP contribution < -0.4 is 20.3 Å². The fraction of sp³-hybridized carbons (Fsp3) is 0.348. The summed E-state index contributed by atoms with van der Waals surface area (Å²) in [5, 5.41) is 3.71. The molecule has 1 fully saturated rings. The van der Waals surface area contributed by atoms with Crippen molar-refractivity contribution < 1.29 is 14.3 Å². The number of nitrogens with zero attached hydrogens (tertiary/aromatic N) is 1. The number of carbonyl (C=O) groups is 1. The lowest BCUT2D eigenvalue weighted by Crippen LogP contribution is -2.32. The van der Waals surface area contributed by atoms with E-state index >= 15 is 0 Å². The van der Waals surface area contributed by atoms with Crippen molar-refractivity contribution in [3.05, 3.63) is 63.2 Å². The molecule has 5 rings (SSSR count). The second-order valence-corrected chi connectivity index (χ2v) is 8.35. The van der Waals surface area contributed by atoms with Crippen LogP contribution in [0.3, 0.4) is 0 Å². The van der Waals surface area contributed by atoms with Gasteiger partial charge in [-0.25, -0.2) is 0 Å². The Hall–Kier alpha value is -3.13. The Morgan fingerprint density at radius 2 is 1.94 bits per heavy atom. The van der Waals surface area contributed by atoms with Crippen molar-refractivity contribution in [2.45, 2.75) is 31.8 Å². The minimum atomic E-state index is -0.183. The van der Waals surface area contributed by atoms with Crippen molar-refractivity contribution in [1.82, 2.24) is 14.9 Å². The van der Waals surface area contributed by atoms with Gasteiger partial charge in [0.1, 0.15) is 13.2 Å². The van der Waals surface area contributed by atoms with E-state index in [1.165, 1.54) is 4.57 Å². The van der Waals surface area contributed by atoms with E-state index in [9.17, 15) is 9.59 Å². The highest BCUT2D eigenvalue weighted by molar-refractivity contribution is 7.71. The molecule has 1 saturated carbocycles. The maximum absolute atomic E-state index is 12.8. The summed E-state index contributed by atoms with van der Waals surface area (Å²) in [6.07, 6.45) is 2.33. The number of hydrogen-bond acceptors (Lipinski definition) is 5. The van der Waals surface area contributed by atoms with Crippen LogP contribution in [0.5, 0.6) is 11.5 Å². The summed E-state index contributed by atoms with van der Waals surface area (Å²) in [4.78, 5) is 28.6. The first-order chi connectivity index (χ1) is 15.1. The van der Waals surface area contributed by atoms with Gasteiger partial charge in [-0.05, 0) is 60.8 Å². The summed E-state index contributed by atoms with van der Waals surface area (Å²) >= 11 is 5.34. The number of benzene rings is 2. The number of ether oxygens (including phenoxy) is 2. The smallest absolute Gasteiger partial charge is 0.262 e. The van der Waals surface area contributed by atoms with Crippen LogP contribution in [0.25, 0.3) is 10.9 Å². The lowest BCUT2D eigenvalue weighted by molar-refractivity contribution is -0.122. The summed E-state index contributed by atoms with van der Waals surface area (Å²) in [5.41, 5.74) is 1.53. The SMILES string of the molecule is O=C(CCn1c(=S)[nH]c2ccccc2c1=O)NC(c1ccc2c(c1)OCCO2)C1CC1. The highest BCUT2D eigenvalue weighted by Crippen LogP contribution is 2.43. The number of aromatic amines is 1. The predicted octanol–water partition coefficient (Wildman–Crippen LogP) is 3.49. The zero-order valence-electron chi connectivity index (χ0n) is 16.9. The third-order valence-corrected chi connectivity index (χ3v) is 6.11. The molecular formula is C23H23N3O4S. The van der Waals surface area contributed by atoms with Gasteiger partial charge in [-0.1, -0.05) is 18.2 Å². The molecule has 0 spiro atoms. The molecule has 1 aliphatic carbocycles. The molecule has 160 valence electrons. The van der Waals surface area contributed by atoms with Crippen LogP contribution in [0.2, 0.25) is 0 Å².